The van der Waals surface area contributed by atoms with E-state index in [0.717, 1.165) is 36.9 Å². The quantitative estimate of drug-likeness (QED) is 0.813. The number of nitrogens with zero attached hydrogens (tertiary/aromatic N) is 1. The standard InChI is InChI=1S/C16H20BrClN2O/c17-13-6-4-5-12(14(13)18)15(21)20-10-9-19-11-16(20)7-2-1-3-8-16/h4-6,19H,1-3,7-11H2. The van der Waals surface area contributed by atoms with Crippen molar-refractivity contribution in [2.24, 2.45) is 0 Å². The molecule has 2 fully saturated rings. The summed E-state index contributed by atoms with van der Waals surface area (Å²) in [7, 11) is 0. The Bertz CT molecular complexity index is 535. The topological polar surface area (TPSA) is 32.3 Å². The highest BCUT2D eigenvalue weighted by Gasteiger charge is 2.42. The summed E-state index contributed by atoms with van der Waals surface area (Å²) >= 11 is 9.74. The predicted octanol–water partition coefficient (Wildman–Crippen LogP) is 3.85. The summed E-state index contributed by atoms with van der Waals surface area (Å²) in [5, 5.41) is 3.99. The summed E-state index contributed by atoms with van der Waals surface area (Å²) in [6.45, 7) is 2.53. The molecule has 1 saturated heterocycles. The second-order valence-electron chi connectivity index (χ2n) is 6.02. The van der Waals surface area contributed by atoms with Crippen LogP contribution in [-0.4, -0.2) is 36.0 Å². The zero-order valence-electron chi connectivity index (χ0n) is 12.0. The third-order valence-electron chi connectivity index (χ3n) is 4.75. The lowest BCUT2D eigenvalue weighted by atomic mass is 9.78. The first kappa shape index (κ1) is 15.3. The van der Waals surface area contributed by atoms with Gasteiger partial charge in [-0.2, -0.15) is 0 Å². The third kappa shape index (κ3) is 2.86. The van der Waals surface area contributed by atoms with E-state index in [1.165, 1.54) is 19.3 Å². The van der Waals surface area contributed by atoms with E-state index in [2.05, 4.69) is 26.1 Å². The molecule has 0 radical (unpaired) electrons. The number of benzene rings is 1. The summed E-state index contributed by atoms with van der Waals surface area (Å²) in [6.07, 6.45) is 5.88. The zero-order valence-corrected chi connectivity index (χ0v) is 14.3. The Morgan fingerprint density at radius 2 is 2.05 bits per heavy atom. The number of halogens is 2. The van der Waals surface area contributed by atoms with Crippen LogP contribution in [0.2, 0.25) is 5.02 Å². The van der Waals surface area contributed by atoms with Crippen LogP contribution < -0.4 is 5.32 Å². The number of nitrogens with one attached hydrogen (secondary N) is 1. The first-order valence-electron chi connectivity index (χ1n) is 7.61. The van der Waals surface area contributed by atoms with Crippen LogP contribution >= 0.6 is 27.5 Å². The van der Waals surface area contributed by atoms with Crippen molar-refractivity contribution in [3.05, 3.63) is 33.3 Å². The third-order valence-corrected chi connectivity index (χ3v) is 6.05. The second kappa shape index (κ2) is 6.27. The van der Waals surface area contributed by atoms with Gasteiger partial charge in [0, 0.05) is 24.1 Å². The van der Waals surface area contributed by atoms with Gasteiger partial charge in [0.25, 0.3) is 5.91 Å². The summed E-state index contributed by atoms with van der Waals surface area (Å²) in [4.78, 5) is 15.1. The molecule has 1 aliphatic heterocycles. The van der Waals surface area contributed by atoms with E-state index in [1.54, 1.807) is 0 Å². The van der Waals surface area contributed by atoms with E-state index in [0.29, 0.717) is 10.6 Å². The summed E-state index contributed by atoms with van der Waals surface area (Å²) in [6, 6.07) is 5.57. The monoisotopic (exact) mass is 370 g/mol. The fraction of sp³-hybridized carbons (Fsp3) is 0.562. The average molecular weight is 372 g/mol. The van der Waals surface area contributed by atoms with E-state index in [-0.39, 0.29) is 11.4 Å². The Labute approximate surface area is 139 Å². The number of hydrogen-bond acceptors (Lipinski definition) is 2. The van der Waals surface area contributed by atoms with E-state index < -0.39 is 0 Å². The van der Waals surface area contributed by atoms with Crippen molar-refractivity contribution in [2.75, 3.05) is 19.6 Å². The summed E-state index contributed by atoms with van der Waals surface area (Å²) in [5.41, 5.74) is 0.595. The van der Waals surface area contributed by atoms with Crippen LogP contribution in [0.15, 0.2) is 22.7 Å². The minimum atomic E-state index is -0.0147. The molecule has 1 spiro atoms. The molecule has 114 valence electrons. The fourth-order valence-electron chi connectivity index (χ4n) is 3.63. The minimum absolute atomic E-state index is 0.0147. The van der Waals surface area contributed by atoms with Gasteiger partial charge < -0.3 is 10.2 Å². The van der Waals surface area contributed by atoms with Crippen molar-refractivity contribution < 1.29 is 4.79 Å². The van der Waals surface area contributed by atoms with Gasteiger partial charge in [-0.3, -0.25) is 4.79 Å². The Morgan fingerprint density at radius 3 is 2.81 bits per heavy atom. The molecule has 0 bridgehead atoms. The highest BCUT2D eigenvalue weighted by atomic mass is 79.9. The first-order valence-corrected chi connectivity index (χ1v) is 8.78. The largest absolute Gasteiger partial charge is 0.330 e. The van der Waals surface area contributed by atoms with Crippen molar-refractivity contribution >= 4 is 33.4 Å². The first-order chi connectivity index (χ1) is 10.1. The van der Waals surface area contributed by atoms with E-state index >= 15 is 0 Å². The number of hydrogen-bond donors (Lipinski definition) is 1. The molecule has 3 nitrogen and oxygen atoms in total. The van der Waals surface area contributed by atoms with Gasteiger partial charge in [0.1, 0.15) is 0 Å². The number of rotatable bonds is 1. The molecule has 1 aromatic carbocycles. The molecule has 0 unspecified atom stereocenters. The van der Waals surface area contributed by atoms with Crippen molar-refractivity contribution in [1.29, 1.82) is 0 Å². The van der Waals surface area contributed by atoms with Gasteiger partial charge in [-0.25, -0.2) is 0 Å². The van der Waals surface area contributed by atoms with Gasteiger partial charge >= 0.3 is 0 Å². The zero-order chi connectivity index (χ0) is 14.9. The lowest BCUT2D eigenvalue weighted by Gasteiger charge is -2.50. The van der Waals surface area contributed by atoms with Gasteiger partial charge in [-0.15, -0.1) is 0 Å². The van der Waals surface area contributed by atoms with E-state index in [1.807, 2.05) is 18.2 Å². The Balaban J connectivity index is 1.92. The molecule has 1 heterocycles. The van der Waals surface area contributed by atoms with Crippen molar-refractivity contribution in [1.82, 2.24) is 10.2 Å². The number of carbonyl (C=O) groups is 1. The Kier molecular flexibility index (Phi) is 4.57. The molecule has 1 aliphatic carbocycles. The Morgan fingerprint density at radius 1 is 1.29 bits per heavy atom. The van der Waals surface area contributed by atoms with Crippen LogP contribution in [0, 0.1) is 0 Å². The maximum atomic E-state index is 13.0. The van der Waals surface area contributed by atoms with Crippen molar-refractivity contribution in [3.63, 3.8) is 0 Å². The summed E-state index contributed by atoms with van der Waals surface area (Å²) < 4.78 is 0.780. The molecule has 2 aliphatic rings. The molecule has 1 saturated carbocycles. The van der Waals surface area contributed by atoms with Gasteiger partial charge in [0.2, 0.25) is 0 Å². The van der Waals surface area contributed by atoms with Crippen LogP contribution in [0.4, 0.5) is 0 Å². The molecule has 1 amide bonds. The SMILES string of the molecule is O=C(c1cccc(Br)c1Cl)N1CCNCC12CCCCC2. The molecule has 21 heavy (non-hydrogen) atoms. The maximum absolute atomic E-state index is 13.0. The lowest BCUT2D eigenvalue weighted by Crippen LogP contribution is -2.63. The molecule has 5 heteroatoms. The molecular weight excluding hydrogens is 352 g/mol. The number of carbonyl (C=O) groups excluding carboxylic acids is 1. The smallest absolute Gasteiger partial charge is 0.255 e. The normalized spacial score (nSPS) is 21.5. The summed E-state index contributed by atoms with van der Waals surface area (Å²) in [5.74, 6) is 0.0738. The van der Waals surface area contributed by atoms with Gasteiger partial charge in [-0.05, 0) is 40.9 Å². The second-order valence-corrected chi connectivity index (χ2v) is 7.25. The van der Waals surface area contributed by atoms with Crippen LogP contribution in [0.25, 0.3) is 0 Å². The maximum Gasteiger partial charge on any atom is 0.255 e. The van der Waals surface area contributed by atoms with Crippen LogP contribution in [0.5, 0.6) is 0 Å². The van der Waals surface area contributed by atoms with Crippen LogP contribution in [-0.2, 0) is 0 Å². The lowest BCUT2D eigenvalue weighted by molar-refractivity contribution is 0.0223. The highest BCUT2D eigenvalue weighted by molar-refractivity contribution is 9.10. The van der Waals surface area contributed by atoms with Crippen LogP contribution in [0.1, 0.15) is 42.5 Å². The molecule has 1 N–H and O–H groups in total. The molecule has 0 atom stereocenters. The Hall–Kier alpha value is -0.580. The van der Waals surface area contributed by atoms with E-state index in [4.69, 9.17) is 11.6 Å². The molecule has 0 aromatic heterocycles. The van der Waals surface area contributed by atoms with Gasteiger partial charge in [-0.1, -0.05) is 36.9 Å². The average Bonchev–Trinajstić information content (AvgIpc) is 2.51. The fourth-order valence-corrected chi connectivity index (χ4v) is 4.21. The minimum Gasteiger partial charge on any atom is -0.330 e. The number of piperazine rings is 1. The van der Waals surface area contributed by atoms with Gasteiger partial charge in [0.05, 0.1) is 16.1 Å². The highest BCUT2D eigenvalue weighted by Crippen LogP contribution is 2.37. The molecular formula is C16H20BrClN2O. The van der Waals surface area contributed by atoms with Crippen LogP contribution in [0.3, 0.4) is 0 Å². The van der Waals surface area contributed by atoms with Crippen molar-refractivity contribution in [2.45, 2.75) is 37.6 Å². The van der Waals surface area contributed by atoms with E-state index in [9.17, 15) is 4.79 Å². The number of amides is 1. The molecule has 1 aromatic rings. The molecule has 3 rings (SSSR count). The van der Waals surface area contributed by atoms with Crippen molar-refractivity contribution in [3.8, 4) is 0 Å². The predicted molar refractivity (Wildman–Crippen MR) is 88.9 cm³/mol. The van der Waals surface area contributed by atoms with Gasteiger partial charge in [0.15, 0.2) is 0 Å².